The maximum Gasteiger partial charge on any atom is 0.414 e. The highest BCUT2D eigenvalue weighted by Gasteiger charge is 2.26. The fourth-order valence-electron chi connectivity index (χ4n) is 2.81. The van der Waals surface area contributed by atoms with Crippen LogP contribution in [0.2, 0.25) is 0 Å². The Bertz CT molecular complexity index is 730. The Hall–Kier alpha value is -2.09. The van der Waals surface area contributed by atoms with E-state index in [0.717, 1.165) is 0 Å². The van der Waals surface area contributed by atoms with Gasteiger partial charge in [0.2, 0.25) is 0 Å². The van der Waals surface area contributed by atoms with Gasteiger partial charge >= 0.3 is 6.09 Å². The molecule has 1 unspecified atom stereocenters. The van der Waals surface area contributed by atoms with Gasteiger partial charge < -0.3 is 9.64 Å². The minimum Gasteiger partial charge on any atom is -0.447 e. The van der Waals surface area contributed by atoms with E-state index >= 15 is 0 Å². The normalized spacial score (nSPS) is 15.8. The average molecular weight is 368 g/mol. The van der Waals surface area contributed by atoms with Gasteiger partial charge in [0.05, 0.1) is 12.3 Å². The van der Waals surface area contributed by atoms with Crippen molar-refractivity contribution in [1.29, 1.82) is 0 Å². The van der Waals surface area contributed by atoms with Crippen molar-refractivity contribution in [3.05, 3.63) is 29.8 Å². The summed E-state index contributed by atoms with van der Waals surface area (Å²) in [7, 11) is -3.17. The van der Waals surface area contributed by atoms with Crippen LogP contribution in [0.1, 0.15) is 31.1 Å². The summed E-state index contributed by atoms with van der Waals surface area (Å²) in [6.07, 6.45) is -0.396. The standard InChI is InChI=1S/C17H24N2O5S/c1-4-18(13(3)12-25(22,23)5-2)16(20)14-6-8-15(9-7-14)19-10-11-24-17(19)21/h6-9,13H,4-5,10-12H2,1-3H3. The number of hydrogen-bond acceptors (Lipinski definition) is 5. The number of anilines is 1. The van der Waals surface area contributed by atoms with E-state index in [-0.39, 0.29) is 17.4 Å². The van der Waals surface area contributed by atoms with Gasteiger partial charge in [-0.05, 0) is 38.1 Å². The molecule has 25 heavy (non-hydrogen) atoms. The summed E-state index contributed by atoms with van der Waals surface area (Å²) in [5.41, 5.74) is 1.13. The Kier molecular flexibility index (Phi) is 6.05. The molecule has 1 atom stereocenters. The highest BCUT2D eigenvalue weighted by atomic mass is 32.2. The Morgan fingerprint density at radius 3 is 2.40 bits per heavy atom. The lowest BCUT2D eigenvalue weighted by Gasteiger charge is -2.28. The number of ether oxygens (including phenoxy) is 1. The van der Waals surface area contributed by atoms with Gasteiger partial charge in [0.25, 0.3) is 5.91 Å². The Morgan fingerprint density at radius 1 is 1.28 bits per heavy atom. The average Bonchev–Trinajstić information content (AvgIpc) is 3.01. The van der Waals surface area contributed by atoms with Gasteiger partial charge in [-0.25, -0.2) is 13.2 Å². The maximum atomic E-state index is 12.7. The van der Waals surface area contributed by atoms with Gasteiger partial charge in [0.15, 0.2) is 9.84 Å². The van der Waals surface area contributed by atoms with E-state index < -0.39 is 22.0 Å². The molecule has 8 heteroatoms. The van der Waals surface area contributed by atoms with Crippen molar-refractivity contribution in [3.8, 4) is 0 Å². The predicted molar refractivity (Wildman–Crippen MR) is 95.6 cm³/mol. The van der Waals surface area contributed by atoms with Crippen molar-refractivity contribution in [2.24, 2.45) is 0 Å². The maximum absolute atomic E-state index is 12.7. The zero-order chi connectivity index (χ0) is 18.6. The highest BCUT2D eigenvalue weighted by molar-refractivity contribution is 7.91. The molecule has 1 aliphatic heterocycles. The van der Waals surface area contributed by atoms with E-state index in [0.29, 0.717) is 30.9 Å². The van der Waals surface area contributed by atoms with E-state index in [9.17, 15) is 18.0 Å². The van der Waals surface area contributed by atoms with Crippen molar-refractivity contribution in [2.75, 3.05) is 36.1 Å². The van der Waals surface area contributed by atoms with Crippen LogP contribution in [0.5, 0.6) is 0 Å². The molecule has 7 nitrogen and oxygen atoms in total. The molecule has 138 valence electrons. The zero-order valence-electron chi connectivity index (χ0n) is 14.8. The summed E-state index contributed by atoms with van der Waals surface area (Å²) < 4.78 is 28.5. The minimum atomic E-state index is -3.17. The smallest absolute Gasteiger partial charge is 0.414 e. The summed E-state index contributed by atoms with van der Waals surface area (Å²) >= 11 is 0. The number of amides is 2. The number of nitrogens with zero attached hydrogens (tertiary/aromatic N) is 2. The number of carbonyl (C=O) groups excluding carboxylic acids is 2. The van der Waals surface area contributed by atoms with E-state index in [1.54, 1.807) is 43.0 Å². The van der Waals surface area contributed by atoms with Crippen molar-refractivity contribution in [2.45, 2.75) is 26.8 Å². The van der Waals surface area contributed by atoms with Crippen molar-refractivity contribution >= 4 is 27.5 Å². The fourth-order valence-corrected chi connectivity index (χ4v) is 3.96. The van der Waals surface area contributed by atoms with Crippen molar-refractivity contribution in [3.63, 3.8) is 0 Å². The molecule has 0 radical (unpaired) electrons. The van der Waals surface area contributed by atoms with Crippen LogP contribution < -0.4 is 4.90 Å². The van der Waals surface area contributed by atoms with E-state index in [2.05, 4.69) is 0 Å². The van der Waals surface area contributed by atoms with E-state index in [1.807, 2.05) is 6.92 Å². The quantitative estimate of drug-likeness (QED) is 0.734. The second-order valence-corrected chi connectivity index (χ2v) is 8.35. The first kappa shape index (κ1) is 19.2. The third kappa shape index (κ3) is 4.50. The summed E-state index contributed by atoms with van der Waals surface area (Å²) in [5, 5.41) is 0. The van der Waals surface area contributed by atoms with Gasteiger partial charge in [-0.1, -0.05) is 6.92 Å². The molecule has 0 aromatic heterocycles. The third-order valence-corrected chi connectivity index (χ3v) is 6.13. The van der Waals surface area contributed by atoms with Crippen molar-refractivity contribution < 1.29 is 22.7 Å². The molecule has 2 amide bonds. The molecule has 1 aromatic rings. The van der Waals surface area contributed by atoms with Gasteiger partial charge in [-0.2, -0.15) is 0 Å². The summed E-state index contributed by atoms with van der Waals surface area (Å²) in [6.45, 7) is 6.41. The number of hydrogen-bond donors (Lipinski definition) is 0. The molecule has 0 N–H and O–H groups in total. The third-order valence-electron chi connectivity index (χ3n) is 4.26. The molecule has 0 saturated carbocycles. The molecule has 1 aliphatic rings. The zero-order valence-corrected chi connectivity index (χ0v) is 15.6. The van der Waals surface area contributed by atoms with E-state index in [4.69, 9.17) is 4.74 Å². The first-order chi connectivity index (χ1) is 11.8. The predicted octanol–water partition coefficient (Wildman–Crippen LogP) is 1.93. The van der Waals surface area contributed by atoms with Gasteiger partial charge in [0, 0.05) is 29.6 Å². The fraction of sp³-hybridized carbons (Fsp3) is 0.529. The SMILES string of the molecule is CCN(C(=O)c1ccc(N2CCOC2=O)cc1)C(C)CS(=O)(=O)CC. The number of rotatable bonds is 7. The van der Waals surface area contributed by atoms with Gasteiger partial charge in [-0.15, -0.1) is 0 Å². The summed E-state index contributed by atoms with van der Waals surface area (Å²) in [6, 6.07) is 6.28. The Morgan fingerprint density at radius 2 is 1.92 bits per heavy atom. The van der Waals surface area contributed by atoms with Crippen LogP contribution in [0, 0.1) is 0 Å². The van der Waals surface area contributed by atoms with Crippen LogP contribution in [-0.4, -0.2) is 62.6 Å². The number of sulfone groups is 1. The lowest BCUT2D eigenvalue weighted by molar-refractivity contribution is 0.0719. The first-order valence-electron chi connectivity index (χ1n) is 8.34. The molecule has 0 bridgehead atoms. The Labute approximate surface area is 148 Å². The van der Waals surface area contributed by atoms with Gasteiger partial charge in [0.1, 0.15) is 6.61 Å². The van der Waals surface area contributed by atoms with Crippen LogP contribution >= 0.6 is 0 Å². The Balaban J connectivity index is 2.13. The minimum absolute atomic E-state index is 0.0548. The number of carbonyl (C=O) groups is 2. The first-order valence-corrected chi connectivity index (χ1v) is 10.2. The molecule has 1 heterocycles. The van der Waals surface area contributed by atoms with Crippen LogP contribution in [0.3, 0.4) is 0 Å². The van der Waals surface area contributed by atoms with Crippen molar-refractivity contribution in [1.82, 2.24) is 4.90 Å². The molecular weight excluding hydrogens is 344 g/mol. The molecule has 2 rings (SSSR count). The van der Waals surface area contributed by atoms with Crippen LogP contribution in [0.4, 0.5) is 10.5 Å². The molecule has 0 aliphatic carbocycles. The number of cyclic esters (lactones) is 1. The monoisotopic (exact) mass is 368 g/mol. The van der Waals surface area contributed by atoms with Crippen LogP contribution in [0.25, 0.3) is 0 Å². The second-order valence-electron chi connectivity index (χ2n) is 5.95. The molecule has 1 saturated heterocycles. The van der Waals surface area contributed by atoms with Gasteiger partial charge in [-0.3, -0.25) is 9.69 Å². The topological polar surface area (TPSA) is 84.0 Å². The molecule has 1 fully saturated rings. The molecule has 0 spiro atoms. The largest absolute Gasteiger partial charge is 0.447 e. The number of benzene rings is 1. The summed E-state index contributed by atoms with van der Waals surface area (Å²) in [5.74, 6) is -0.221. The van der Waals surface area contributed by atoms with Crippen LogP contribution in [-0.2, 0) is 14.6 Å². The van der Waals surface area contributed by atoms with E-state index in [1.165, 1.54) is 4.90 Å². The molecular formula is C17H24N2O5S. The lowest BCUT2D eigenvalue weighted by Crippen LogP contribution is -2.42. The second kappa shape index (κ2) is 7.86. The highest BCUT2D eigenvalue weighted by Crippen LogP contribution is 2.20. The van der Waals surface area contributed by atoms with Crippen LogP contribution in [0.15, 0.2) is 24.3 Å². The summed E-state index contributed by atoms with van der Waals surface area (Å²) in [4.78, 5) is 27.3. The molecule has 1 aromatic carbocycles. The lowest BCUT2D eigenvalue weighted by atomic mass is 10.1.